The van der Waals surface area contributed by atoms with Gasteiger partial charge in [0.05, 0.1) is 28.5 Å². The zero-order chi connectivity index (χ0) is 33.2. The van der Waals surface area contributed by atoms with Crippen molar-refractivity contribution in [1.29, 1.82) is 0 Å². The Bertz CT molecular complexity index is 1780. The third kappa shape index (κ3) is 6.91. The van der Waals surface area contributed by atoms with E-state index in [2.05, 4.69) is 26.9 Å². The van der Waals surface area contributed by atoms with E-state index in [1.807, 2.05) is 54.6 Å². The number of aromatic nitrogens is 2. The van der Waals surface area contributed by atoms with Gasteiger partial charge in [0.2, 0.25) is 17.7 Å². The molecule has 3 aliphatic rings. The number of hydrogen-bond donors (Lipinski definition) is 3. The van der Waals surface area contributed by atoms with Gasteiger partial charge in [-0.2, -0.15) is 0 Å². The fraction of sp³-hybridized carbons (Fsp3) is 0.351. The fourth-order valence-corrected chi connectivity index (χ4v) is 7.57. The highest BCUT2D eigenvalue weighted by atomic mass is 35.5. The summed E-state index contributed by atoms with van der Waals surface area (Å²) < 4.78 is 5.65. The lowest BCUT2D eigenvalue weighted by Crippen LogP contribution is -2.41. The number of fused-ring (bicyclic) bond motifs is 1. The molecule has 3 aliphatic heterocycles. The van der Waals surface area contributed by atoms with Gasteiger partial charge in [0.15, 0.2) is 0 Å². The predicted octanol–water partition coefficient (Wildman–Crippen LogP) is 5.80. The van der Waals surface area contributed by atoms with Gasteiger partial charge >= 0.3 is 0 Å². The van der Waals surface area contributed by atoms with Crippen molar-refractivity contribution in [3.63, 3.8) is 0 Å². The minimum Gasteiger partial charge on any atom is -0.481 e. The van der Waals surface area contributed by atoms with Crippen LogP contribution in [0, 0.1) is 0 Å². The lowest BCUT2D eigenvalue weighted by atomic mass is 9.97. The van der Waals surface area contributed by atoms with Crippen LogP contribution < -0.4 is 20.7 Å². The Hall–Kier alpha value is -4.02. The number of halogens is 2. The third-order valence-electron chi connectivity index (χ3n) is 9.45. The molecule has 0 radical (unpaired) electrons. The van der Waals surface area contributed by atoms with Gasteiger partial charge in [0.1, 0.15) is 0 Å². The molecule has 2 aromatic heterocycles. The maximum absolute atomic E-state index is 11.6. The minimum atomic E-state index is 0.105. The maximum atomic E-state index is 11.6. The Balaban J connectivity index is 1.09. The van der Waals surface area contributed by atoms with Crippen LogP contribution in [0.3, 0.4) is 0 Å². The van der Waals surface area contributed by atoms with Crippen LogP contribution in [0.15, 0.2) is 60.7 Å². The van der Waals surface area contributed by atoms with Crippen molar-refractivity contribution in [2.75, 3.05) is 26.7 Å². The van der Waals surface area contributed by atoms with Gasteiger partial charge in [0.25, 0.3) is 0 Å². The van der Waals surface area contributed by atoms with Crippen LogP contribution in [0.25, 0.3) is 33.6 Å². The molecule has 0 spiro atoms. The molecule has 2 atom stereocenters. The Labute approximate surface area is 290 Å². The lowest BCUT2D eigenvalue weighted by Gasteiger charge is -2.30. The summed E-state index contributed by atoms with van der Waals surface area (Å²) in [6, 6.07) is 20.3. The number of pyridine rings is 2. The Morgan fingerprint density at radius 3 is 2.08 bits per heavy atom. The second-order valence-corrected chi connectivity index (χ2v) is 13.5. The highest BCUT2D eigenvalue weighted by Gasteiger charge is 2.26. The number of amides is 2. The van der Waals surface area contributed by atoms with Gasteiger partial charge in [0, 0.05) is 97.6 Å². The Morgan fingerprint density at radius 1 is 0.812 bits per heavy atom. The van der Waals surface area contributed by atoms with Crippen molar-refractivity contribution in [2.45, 2.75) is 57.3 Å². The van der Waals surface area contributed by atoms with Crippen molar-refractivity contribution in [3.05, 3.63) is 87.5 Å². The number of rotatable bonds is 10. The van der Waals surface area contributed by atoms with E-state index < -0.39 is 0 Å². The highest BCUT2D eigenvalue weighted by molar-refractivity contribution is 6.39. The molecule has 2 aromatic carbocycles. The molecule has 0 saturated carbocycles. The molecule has 248 valence electrons. The van der Waals surface area contributed by atoms with Crippen molar-refractivity contribution in [3.8, 4) is 39.5 Å². The van der Waals surface area contributed by atoms with Gasteiger partial charge in [-0.15, -0.1) is 0 Å². The first-order valence-electron chi connectivity index (χ1n) is 16.5. The second kappa shape index (κ2) is 14.2. The normalized spacial score (nSPS) is 19.2. The van der Waals surface area contributed by atoms with Crippen LogP contribution in [-0.4, -0.2) is 65.5 Å². The molecule has 0 aliphatic carbocycles. The molecule has 11 heteroatoms. The number of hydrogen-bond acceptors (Lipinski definition) is 7. The predicted molar refractivity (Wildman–Crippen MR) is 188 cm³/mol. The largest absolute Gasteiger partial charge is 0.481 e. The summed E-state index contributed by atoms with van der Waals surface area (Å²) in [5, 5.41) is 10.6. The smallest absolute Gasteiger partial charge is 0.220 e. The Morgan fingerprint density at radius 2 is 1.44 bits per heavy atom. The number of methoxy groups -OCH3 is 1. The molecular weight excluding hydrogens is 647 g/mol. The molecule has 2 saturated heterocycles. The summed E-state index contributed by atoms with van der Waals surface area (Å²) in [5.74, 6) is 0.775. The first-order chi connectivity index (χ1) is 23.4. The topological polar surface area (TPSA) is 108 Å². The first-order valence-corrected chi connectivity index (χ1v) is 17.2. The molecule has 5 heterocycles. The number of nitrogens with zero attached hydrogens (tertiary/aromatic N) is 3. The standard InChI is InChI=1S/C37H38Cl2N6O3/c1-48-37-22(18-40-19-24-10-14-33(46)41-24)8-12-32(44-37)29-7-3-5-27(36(29)39)26-4-2-6-28(35(26)38)31-13-9-23-20-45(17-16-30(23)43-31)21-25-11-15-34(47)42-25/h2-9,12-13,24-25,40H,10-11,14-21H2,1H3,(H,41,46)(H,42,47)/t24-,25+/m0/s1. The highest BCUT2D eigenvalue weighted by Crippen LogP contribution is 2.42. The quantitative estimate of drug-likeness (QED) is 0.194. The molecule has 48 heavy (non-hydrogen) atoms. The molecule has 3 N–H and O–H groups in total. The van der Waals surface area contributed by atoms with Gasteiger partial charge in [-0.3, -0.25) is 19.5 Å². The van der Waals surface area contributed by atoms with Crippen LogP contribution in [0.4, 0.5) is 0 Å². The van der Waals surface area contributed by atoms with E-state index in [4.69, 9.17) is 37.9 Å². The number of carbonyl (C=O) groups excluding carboxylic acids is 2. The van der Waals surface area contributed by atoms with Crippen molar-refractivity contribution in [1.82, 2.24) is 30.8 Å². The molecule has 7 rings (SSSR count). The number of nitrogens with one attached hydrogen (secondary N) is 3. The monoisotopic (exact) mass is 684 g/mol. The zero-order valence-electron chi connectivity index (χ0n) is 26.8. The lowest BCUT2D eigenvalue weighted by molar-refractivity contribution is -0.120. The van der Waals surface area contributed by atoms with E-state index in [0.717, 1.165) is 78.1 Å². The minimum absolute atomic E-state index is 0.105. The number of ether oxygens (including phenoxy) is 1. The summed E-state index contributed by atoms with van der Waals surface area (Å²) >= 11 is 14.2. The summed E-state index contributed by atoms with van der Waals surface area (Å²) in [5.41, 5.74) is 7.99. The van der Waals surface area contributed by atoms with E-state index in [0.29, 0.717) is 47.6 Å². The van der Waals surface area contributed by atoms with E-state index in [-0.39, 0.29) is 23.9 Å². The van der Waals surface area contributed by atoms with Gasteiger partial charge in [-0.25, -0.2) is 4.98 Å². The SMILES string of the molecule is COc1nc(-c2cccc(-c3cccc(-c4ccc5c(n4)CCN(C[C@H]4CCC(=O)N4)C5)c3Cl)c2Cl)ccc1CNC[C@@H]1CCC(=O)N1. The Kier molecular flexibility index (Phi) is 9.64. The van der Waals surface area contributed by atoms with E-state index >= 15 is 0 Å². The average molecular weight is 686 g/mol. The van der Waals surface area contributed by atoms with Crippen LogP contribution in [-0.2, 0) is 29.1 Å². The number of benzene rings is 2. The summed E-state index contributed by atoms with van der Waals surface area (Å²) in [6.45, 7) is 3.84. The fourth-order valence-electron chi connectivity index (χ4n) is 6.92. The molecule has 2 fully saturated rings. The van der Waals surface area contributed by atoms with Crippen molar-refractivity contribution in [2.24, 2.45) is 0 Å². The van der Waals surface area contributed by atoms with E-state index in [1.165, 1.54) is 5.56 Å². The summed E-state index contributed by atoms with van der Waals surface area (Å²) in [6.07, 6.45) is 3.79. The van der Waals surface area contributed by atoms with Crippen LogP contribution in [0.1, 0.15) is 42.5 Å². The molecule has 9 nitrogen and oxygen atoms in total. The molecule has 4 aromatic rings. The zero-order valence-corrected chi connectivity index (χ0v) is 28.3. The third-order valence-corrected chi connectivity index (χ3v) is 10.3. The summed E-state index contributed by atoms with van der Waals surface area (Å²) in [7, 11) is 1.61. The molecule has 0 unspecified atom stereocenters. The maximum Gasteiger partial charge on any atom is 0.220 e. The molecule has 2 amide bonds. The number of carbonyl (C=O) groups is 2. The van der Waals surface area contributed by atoms with Crippen LogP contribution in [0.2, 0.25) is 10.0 Å². The molecular formula is C37H38Cl2N6O3. The second-order valence-electron chi connectivity index (χ2n) is 12.7. The van der Waals surface area contributed by atoms with Crippen molar-refractivity contribution < 1.29 is 14.3 Å². The van der Waals surface area contributed by atoms with Crippen molar-refractivity contribution >= 4 is 35.0 Å². The average Bonchev–Trinajstić information content (AvgIpc) is 3.71. The van der Waals surface area contributed by atoms with Crippen LogP contribution >= 0.6 is 23.2 Å². The van der Waals surface area contributed by atoms with Gasteiger partial charge < -0.3 is 20.7 Å². The molecule has 0 bridgehead atoms. The van der Waals surface area contributed by atoms with Gasteiger partial charge in [-0.1, -0.05) is 71.7 Å². The van der Waals surface area contributed by atoms with E-state index in [9.17, 15) is 9.59 Å². The first kappa shape index (κ1) is 32.5. The van der Waals surface area contributed by atoms with Gasteiger partial charge in [-0.05, 0) is 30.5 Å². The summed E-state index contributed by atoms with van der Waals surface area (Å²) in [4.78, 5) is 35.4. The van der Waals surface area contributed by atoms with E-state index in [1.54, 1.807) is 7.11 Å². The van der Waals surface area contributed by atoms with Crippen LogP contribution in [0.5, 0.6) is 5.88 Å².